The molecule has 1 aromatic heterocycles. The molecule has 0 bridgehead atoms. The molecule has 0 spiro atoms. The van der Waals surface area contributed by atoms with Gasteiger partial charge < -0.3 is 15.4 Å². The number of methoxy groups -OCH3 is 1. The van der Waals surface area contributed by atoms with Crippen molar-refractivity contribution in [1.82, 2.24) is 15.2 Å². The van der Waals surface area contributed by atoms with Gasteiger partial charge in [-0.1, -0.05) is 6.42 Å². The minimum Gasteiger partial charge on any atom is -0.480 e. The summed E-state index contributed by atoms with van der Waals surface area (Å²) in [6.45, 7) is 2.26. The average Bonchev–Trinajstić information content (AvgIpc) is 2.91. The maximum absolute atomic E-state index is 12.2. The van der Waals surface area contributed by atoms with Gasteiger partial charge in [0.15, 0.2) is 0 Å². The van der Waals surface area contributed by atoms with Crippen molar-refractivity contribution in [2.45, 2.75) is 37.8 Å². The number of carbonyl (C=O) groups is 1. The lowest BCUT2D eigenvalue weighted by atomic mass is 9.99. The molecule has 3 rings (SSSR count). The van der Waals surface area contributed by atoms with E-state index in [0.717, 1.165) is 13.0 Å². The highest BCUT2D eigenvalue weighted by atomic mass is 16.5. The second-order valence-corrected chi connectivity index (χ2v) is 5.65. The van der Waals surface area contributed by atoms with Crippen LogP contribution < -0.4 is 15.4 Å². The van der Waals surface area contributed by atoms with Crippen LogP contribution in [-0.2, 0) is 0 Å². The molecule has 2 fully saturated rings. The van der Waals surface area contributed by atoms with Gasteiger partial charge in [0.05, 0.1) is 7.11 Å². The summed E-state index contributed by atoms with van der Waals surface area (Å²) in [6.07, 6.45) is 6.39. The topological polar surface area (TPSA) is 66.5 Å². The summed E-state index contributed by atoms with van der Waals surface area (Å²) in [4.78, 5) is 18.8. The van der Waals surface area contributed by atoms with Crippen LogP contribution in [0.2, 0.25) is 0 Å². The number of nitrogens with zero attached hydrogens (tertiary/aromatic N) is 2. The van der Waals surface area contributed by atoms with Crippen LogP contribution in [0.5, 0.6) is 5.88 Å². The number of hydrogen-bond donors (Lipinski definition) is 2. The van der Waals surface area contributed by atoms with Crippen molar-refractivity contribution in [3.63, 3.8) is 0 Å². The molecule has 6 heteroatoms. The molecule has 1 aromatic rings. The van der Waals surface area contributed by atoms with E-state index in [1.54, 1.807) is 25.4 Å². The van der Waals surface area contributed by atoms with Gasteiger partial charge in [0.2, 0.25) is 5.88 Å². The van der Waals surface area contributed by atoms with Crippen molar-refractivity contribution in [1.29, 1.82) is 0 Å². The molecular formula is C15H22N4O2. The minimum atomic E-state index is -0.182. The maximum Gasteiger partial charge on any atom is 0.319 e. The Kier molecular flexibility index (Phi) is 4.24. The van der Waals surface area contributed by atoms with Gasteiger partial charge in [0, 0.05) is 24.8 Å². The third-order valence-electron chi connectivity index (χ3n) is 4.39. The second kappa shape index (κ2) is 6.30. The van der Waals surface area contributed by atoms with Crippen LogP contribution in [0, 0.1) is 0 Å². The molecule has 6 nitrogen and oxygen atoms in total. The smallest absolute Gasteiger partial charge is 0.319 e. The molecule has 3 heterocycles. The molecule has 21 heavy (non-hydrogen) atoms. The first-order chi connectivity index (χ1) is 10.3. The highest BCUT2D eigenvalue weighted by Gasteiger charge is 2.36. The molecule has 2 aliphatic heterocycles. The molecule has 0 saturated carbocycles. The summed E-state index contributed by atoms with van der Waals surface area (Å²) in [5.74, 6) is 0.429. The molecule has 2 atom stereocenters. The molecule has 2 amide bonds. The van der Waals surface area contributed by atoms with Gasteiger partial charge in [-0.3, -0.25) is 4.90 Å². The van der Waals surface area contributed by atoms with E-state index in [1.807, 2.05) is 0 Å². The quantitative estimate of drug-likeness (QED) is 0.891. The number of rotatable bonds is 3. The molecule has 2 aliphatic rings. The number of piperidine rings is 1. The molecule has 0 aliphatic carbocycles. The Morgan fingerprint density at radius 3 is 3.14 bits per heavy atom. The van der Waals surface area contributed by atoms with Gasteiger partial charge >= 0.3 is 6.03 Å². The monoisotopic (exact) mass is 290 g/mol. The summed E-state index contributed by atoms with van der Waals surface area (Å²) in [6, 6.07) is 4.12. The second-order valence-electron chi connectivity index (χ2n) is 5.65. The van der Waals surface area contributed by atoms with Gasteiger partial charge in [0.25, 0.3) is 0 Å². The number of hydrogen-bond acceptors (Lipinski definition) is 4. The molecule has 0 aromatic carbocycles. The van der Waals surface area contributed by atoms with Crippen LogP contribution in [0.3, 0.4) is 0 Å². The van der Waals surface area contributed by atoms with E-state index in [0.29, 0.717) is 17.6 Å². The fourth-order valence-electron chi connectivity index (χ4n) is 3.39. The number of ether oxygens (including phenoxy) is 1. The van der Waals surface area contributed by atoms with Gasteiger partial charge in [-0.2, -0.15) is 0 Å². The number of urea groups is 1. The summed E-state index contributed by atoms with van der Waals surface area (Å²) >= 11 is 0. The third kappa shape index (κ3) is 3.10. The van der Waals surface area contributed by atoms with Crippen LogP contribution in [-0.4, -0.2) is 48.2 Å². The first kappa shape index (κ1) is 14.1. The normalized spacial score (nSPS) is 25.2. The molecular weight excluding hydrogens is 268 g/mol. The number of anilines is 1. The summed E-state index contributed by atoms with van der Waals surface area (Å²) in [5.41, 5.74) is 0.594. The molecule has 0 radical (unpaired) electrons. The Bertz CT molecular complexity index is 508. The van der Waals surface area contributed by atoms with Crippen molar-refractivity contribution >= 4 is 11.7 Å². The summed E-state index contributed by atoms with van der Waals surface area (Å²) < 4.78 is 5.14. The van der Waals surface area contributed by atoms with Crippen molar-refractivity contribution < 1.29 is 9.53 Å². The summed E-state index contributed by atoms with van der Waals surface area (Å²) in [5, 5.41) is 5.93. The van der Waals surface area contributed by atoms with Crippen molar-refractivity contribution in [3.8, 4) is 5.88 Å². The van der Waals surface area contributed by atoms with E-state index < -0.39 is 0 Å². The number of carbonyl (C=O) groups excluding carboxylic acids is 1. The fraction of sp³-hybridized carbons (Fsp3) is 0.600. The Morgan fingerprint density at radius 1 is 1.38 bits per heavy atom. The van der Waals surface area contributed by atoms with Gasteiger partial charge in [0.1, 0.15) is 5.69 Å². The van der Waals surface area contributed by atoms with Gasteiger partial charge in [-0.15, -0.1) is 0 Å². The Morgan fingerprint density at radius 2 is 2.29 bits per heavy atom. The van der Waals surface area contributed by atoms with E-state index in [9.17, 15) is 4.79 Å². The van der Waals surface area contributed by atoms with E-state index in [1.165, 1.54) is 25.8 Å². The molecule has 2 N–H and O–H groups in total. The highest BCUT2D eigenvalue weighted by Crippen LogP contribution is 2.27. The SMILES string of the molecule is COc1ncccc1NC(=O)N[C@@H]1CCN2CCCC[C@H]12. The Hall–Kier alpha value is -1.82. The van der Waals surface area contributed by atoms with Crippen LogP contribution >= 0.6 is 0 Å². The van der Waals surface area contributed by atoms with Crippen LogP contribution in [0.1, 0.15) is 25.7 Å². The average molecular weight is 290 g/mol. The van der Waals surface area contributed by atoms with Crippen LogP contribution in [0.25, 0.3) is 0 Å². The Balaban J connectivity index is 1.59. The zero-order valence-electron chi connectivity index (χ0n) is 12.3. The zero-order chi connectivity index (χ0) is 14.7. The number of pyridine rings is 1. The number of nitrogens with one attached hydrogen (secondary N) is 2. The van der Waals surface area contributed by atoms with E-state index in [-0.39, 0.29) is 12.1 Å². The van der Waals surface area contributed by atoms with E-state index in [4.69, 9.17) is 4.74 Å². The molecule has 114 valence electrons. The first-order valence-electron chi connectivity index (χ1n) is 7.58. The molecule has 0 unspecified atom stereocenters. The van der Waals surface area contributed by atoms with E-state index in [2.05, 4.69) is 20.5 Å². The first-order valence-corrected chi connectivity index (χ1v) is 7.58. The summed E-state index contributed by atoms with van der Waals surface area (Å²) in [7, 11) is 1.54. The lowest BCUT2D eigenvalue weighted by molar-refractivity contribution is 0.180. The largest absolute Gasteiger partial charge is 0.480 e. The zero-order valence-corrected chi connectivity index (χ0v) is 12.3. The highest BCUT2D eigenvalue weighted by molar-refractivity contribution is 5.90. The van der Waals surface area contributed by atoms with Crippen molar-refractivity contribution in [3.05, 3.63) is 18.3 Å². The van der Waals surface area contributed by atoms with Crippen molar-refractivity contribution in [2.24, 2.45) is 0 Å². The minimum absolute atomic E-state index is 0.182. The molecule has 2 saturated heterocycles. The predicted molar refractivity (Wildman–Crippen MR) is 80.6 cm³/mol. The van der Waals surface area contributed by atoms with E-state index >= 15 is 0 Å². The predicted octanol–water partition coefficient (Wildman–Crippen LogP) is 1.84. The maximum atomic E-state index is 12.2. The number of amides is 2. The lowest BCUT2D eigenvalue weighted by Gasteiger charge is -2.32. The lowest BCUT2D eigenvalue weighted by Crippen LogP contribution is -2.47. The standard InChI is InChI=1S/C15H22N4O2/c1-21-14-12(5-4-8-16-14)18-15(20)17-11-7-10-19-9-3-2-6-13(11)19/h4-5,8,11,13H,2-3,6-7,9-10H2,1H3,(H2,17,18,20)/t11-,13-/m1/s1. The van der Waals surface area contributed by atoms with Crippen LogP contribution in [0.15, 0.2) is 18.3 Å². The van der Waals surface area contributed by atoms with Gasteiger partial charge in [-0.05, 0) is 37.9 Å². The third-order valence-corrected chi connectivity index (χ3v) is 4.39. The Labute approximate surface area is 124 Å². The van der Waals surface area contributed by atoms with Crippen LogP contribution in [0.4, 0.5) is 10.5 Å². The number of fused-ring (bicyclic) bond motifs is 1. The number of aromatic nitrogens is 1. The van der Waals surface area contributed by atoms with Gasteiger partial charge in [-0.25, -0.2) is 9.78 Å². The van der Waals surface area contributed by atoms with Crippen molar-refractivity contribution in [2.75, 3.05) is 25.5 Å². The fourth-order valence-corrected chi connectivity index (χ4v) is 3.39.